The van der Waals surface area contributed by atoms with E-state index in [2.05, 4.69) is 6.92 Å². The summed E-state index contributed by atoms with van der Waals surface area (Å²) >= 11 is 0. The summed E-state index contributed by atoms with van der Waals surface area (Å²) in [4.78, 5) is 11.7. The van der Waals surface area contributed by atoms with Crippen molar-refractivity contribution in [3.63, 3.8) is 0 Å². The molecule has 0 saturated carbocycles. The third-order valence-electron chi connectivity index (χ3n) is 3.08. The van der Waals surface area contributed by atoms with Crippen LogP contribution in [0.5, 0.6) is 0 Å². The minimum Gasteiger partial charge on any atom is -0.464 e. The lowest BCUT2D eigenvalue weighted by molar-refractivity contribution is -0.144. The van der Waals surface area contributed by atoms with Crippen molar-refractivity contribution in [3.8, 4) is 0 Å². The standard InChI is InChI=1S/C14H18O3/c1-3-10-14(11-8-6-5-7-9-11)12(17-14)13(15)16-4-2/h5-9,12H,3-4,10H2,1-2H3. The summed E-state index contributed by atoms with van der Waals surface area (Å²) in [5.74, 6) is -0.246. The van der Waals surface area contributed by atoms with E-state index in [1.165, 1.54) is 0 Å². The molecule has 0 N–H and O–H groups in total. The molecule has 1 aliphatic rings. The van der Waals surface area contributed by atoms with E-state index in [1.54, 1.807) is 0 Å². The van der Waals surface area contributed by atoms with Crippen LogP contribution < -0.4 is 0 Å². The zero-order valence-corrected chi connectivity index (χ0v) is 10.3. The van der Waals surface area contributed by atoms with Crippen LogP contribution in [0.15, 0.2) is 30.3 Å². The van der Waals surface area contributed by atoms with Crippen molar-refractivity contribution in [3.05, 3.63) is 35.9 Å². The van der Waals surface area contributed by atoms with E-state index in [0.717, 1.165) is 18.4 Å². The lowest BCUT2D eigenvalue weighted by atomic mass is 9.91. The van der Waals surface area contributed by atoms with E-state index < -0.39 is 11.7 Å². The van der Waals surface area contributed by atoms with Crippen molar-refractivity contribution in [2.75, 3.05) is 6.61 Å². The number of rotatable bonds is 5. The zero-order valence-electron chi connectivity index (χ0n) is 10.3. The molecule has 3 nitrogen and oxygen atoms in total. The quantitative estimate of drug-likeness (QED) is 0.580. The second-order valence-corrected chi connectivity index (χ2v) is 4.26. The highest BCUT2D eigenvalue weighted by Gasteiger charge is 2.61. The van der Waals surface area contributed by atoms with Crippen LogP contribution in [0, 0.1) is 0 Å². The van der Waals surface area contributed by atoms with Crippen LogP contribution in [0.1, 0.15) is 32.3 Å². The minimum atomic E-state index is -0.442. The van der Waals surface area contributed by atoms with Gasteiger partial charge in [0, 0.05) is 0 Å². The van der Waals surface area contributed by atoms with Gasteiger partial charge in [-0.3, -0.25) is 0 Å². The molecule has 1 aliphatic heterocycles. The third kappa shape index (κ3) is 2.20. The van der Waals surface area contributed by atoms with Gasteiger partial charge < -0.3 is 9.47 Å². The Morgan fingerprint density at radius 2 is 2.06 bits per heavy atom. The molecule has 1 aromatic rings. The molecular weight excluding hydrogens is 216 g/mol. The van der Waals surface area contributed by atoms with Gasteiger partial charge in [-0.2, -0.15) is 0 Å². The van der Waals surface area contributed by atoms with E-state index in [4.69, 9.17) is 9.47 Å². The summed E-state index contributed by atoms with van der Waals surface area (Å²) in [5.41, 5.74) is 0.627. The molecule has 2 unspecified atom stereocenters. The Hall–Kier alpha value is -1.35. The first-order valence-corrected chi connectivity index (χ1v) is 6.14. The summed E-state index contributed by atoms with van der Waals surface area (Å²) in [7, 11) is 0. The highest BCUT2D eigenvalue weighted by molar-refractivity contribution is 5.80. The van der Waals surface area contributed by atoms with Gasteiger partial charge in [0.15, 0.2) is 6.10 Å². The molecule has 0 spiro atoms. The summed E-state index contributed by atoms with van der Waals surface area (Å²) in [5, 5.41) is 0. The maximum Gasteiger partial charge on any atom is 0.338 e. The number of ether oxygens (including phenoxy) is 2. The second-order valence-electron chi connectivity index (χ2n) is 4.26. The van der Waals surface area contributed by atoms with Crippen molar-refractivity contribution >= 4 is 5.97 Å². The van der Waals surface area contributed by atoms with Crippen LogP contribution >= 0.6 is 0 Å². The summed E-state index contributed by atoms with van der Waals surface area (Å²) in [6, 6.07) is 9.92. The lowest BCUT2D eigenvalue weighted by Gasteiger charge is -2.11. The molecule has 0 aromatic heterocycles. The van der Waals surface area contributed by atoms with E-state index in [9.17, 15) is 4.79 Å². The maximum absolute atomic E-state index is 11.7. The molecule has 92 valence electrons. The summed E-state index contributed by atoms with van der Waals surface area (Å²) in [6.45, 7) is 4.30. The summed E-state index contributed by atoms with van der Waals surface area (Å²) < 4.78 is 10.7. The van der Waals surface area contributed by atoms with Crippen molar-refractivity contribution in [2.45, 2.75) is 38.4 Å². The molecule has 3 heteroatoms. The van der Waals surface area contributed by atoms with E-state index >= 15 is 0 Å². The smallest absolute Gasteiger partial charge is 0.338 e. The Kier molecular flexibility index (Phi) is 3.48. The molecule has 0 aliphatic carbocycles. The van der Waals surface area contributed by atoms with Crippen LogP contribution in [0.4, 0.5) is 0 Å². The second kappa shape index (κ2) is 4.88. The fourth-order valence-electron chi connectivity index (χ4n) is 2.28. The Morgan fingerprint density at radius 3 is 2.65 bits per heavy atom. The number of carbonyl (C=O) groups is 1. The Morgan fingerprint density at radius 1 is 1.35 bits per heavy atom. The van der Waals surface area contributed by atoms with Gasteiger partial charge in [0.2, 0.25) is 0 Å². The molecule has 1 fully saturated rings. The molecule has 2 rings (SSSR count). The molecule has 1 aromatic carbocycles. The van der Waals surface area contributed by atoms with E-state index in [1.807, 2.05) is 37.3 Å². The third-order valence-corrected chi connectivity index (χ3v) is 3.08. The van der Waals surface area contributed by atoms with Gasteiger partial charge in [-0.05, 0) is 18.9 Å². The Balaban J connectivity index is 2.18. The van der Waals surface area contributed by atoms with Gasteiger partial charge in [-0.1, -0.05) is 43.7 Å². The Bertz CT molecular complexity index is 388. The van der Waals surface area contributed by atoms with Crippen molar-refractivity contribution in [2.24, 2.45) is 0 Å². The van der Waals surface area contributed by atoms with Gasteiger partial charge in [0.25, 0.3) is 0 Å². The molecule has 0 amide bonds. The largest absolute Gasteiger partial charge is 0.464 e. The van der Waals surface area contributed by atoms with Crippen LogP contribution in [0.2, 0.25) is 0 Å². The lowest BCUT2D eigenvalue weighted by Crippen LogP contribution is -2.21. The van der Waals surface area contributed by atoms with Crippen molar-refractivity contribution < 1.29 is 14.3 Å². The predicted octanol–water partition coefficient (Wildman–Crippen LogP) is 2.64. The number of benzene rings is 1. The molecular formula is C14H18O3. The average molecular weight is 234 g/mol. The van der Waals surface area contributed by atoms with Gasteiger partial charge in [0.1, 0.15) is 5.60 Å². The fraction of sp³-hybridized carbons (Fsp3) is 0.500. The predicted molar refractivity (Wildman–Crippen MR) is 64.5 cm³/mol. The molecule has 2 atom stereocenters. The zero-order chi connectivity index (χ0) is 12.3. The SMILES string of the molecule is CCCC1(c2ccccc2)OC1C(=O)OCC. The van der Waals surface area contributed by atoms with Crippen LogP contribution in [-0.4, -0.2) is 18.7 Å². The molecule has 17 heavy (non-hydrogen) atoms. The van der Waals surface area contributed by atoms with E-state index in [-0.39, 0.29) is 5.97 Å². The first kappa shape index (κ1) is 12.1. The topological polar surface area (TPSA) is 38.8 Å². The van der Waals surface area contributed by atoms with Crippen LogP contribution in [0.3, 0.4) is 0 Å². The minimum absolute atomic E-state index is 0.246. The van der Waals surface area contributed by atoms with Crippen LogP contribution in [0.25, 0.3) is 0 Å². The number of carbonyl (C=O) groups excluding carboxylic acids is 1. The number of esters is 1. The summed E-state index contributed by atoms with van der Waals surface area (Å²) in [6.07, 6.45) is 1.40. The van der Waals surface area contributed by atoms with Gasteiger partial charge in [0.05, 0.1) is 6.61 Å². The monoisotopic (exact) mass is 234 g/mol. The molecule has 1 heterocycles. The number of hydrogen-bond acceptors (Lipinski definition) is 3. The molecule has 0 radical (unpaired) electrons. The molecule has 0 bridgehead atoms. The Labute approximate surface area is 102 Å². The van der Waals surface area contributed by atoms with E-state index in [0.29, 0.717) is 6.61 Å². The van der Waals surface area contributed by atoms with Crippen LogP contribution in [-0.2, 0) is 19.9 Å². The van der Waals surface area contributed by atoms with Gasteiger partial charge in [-0.15, -0.1) is 0 Å². The maximum atomic E-state index is 11.7. The van der Waals surface area contributed by atoms with Crippen molar-refractivity contribution in [1.82, 2.24) is 0 Å². The highest BCUT2D eigenvalue weighted by Crippen LogP contribution is 2.50. The average Bonchev–Trinajstić information content (AvgIpc) is 3.07. The first-order valence-electron chi connectivity index (χ1n) is 6.14. The van der Waals surface area contributed by atoms with Gasteiger partial charge >= 0.3 is 5.97 Å². The fourth-order valence-corrected chi connectivity index (χ4v) is 2.28. The van der Waals surface area contributed by atoms with Crippen molar-refractivity contribution in [1.29, 1.82) is 0 Å². The van der Waals surface area contributed by atoms with Gasteiger partial charge in [-0.25, -0.2) is 4.79 Å². The highest BCUT2D eigenvalue weighted by atomic mass is 16.7. The number of epoxide rings is 1. The molecule has 1 saturated heterocycles. The normalized spacial score (nSPS) is 26.6. The number of hydrogen-bond donors (Lipinski definition) is 0. The first-order chi connectivity index (χ1) is 8.24.